The summed E-state index contributed by atoms with van der Waals surface area (Å²) in [6.07, 6.45) is 0.912. The van der Waals surface area contributed by atoms with Gasteiger partial charge >= 0.3 is 0 Å². The van der Waals surface area contributed by atoms with Crippen molar-refractivity contribution >= 4 is 23.2 Å². The minimum Gasteiger partial charge on any atom is -0.494 e. The maximum Gasteiger partial charge on any atom is 0.270 e. The number of rotatable bonds is 6. The molecule has 0 bridgehead atoms. The molecule has 2 aromatic carbocycles. The van der Waals surface area contributed by atoms with Crippen molar-refractivity contribution in [2.45, 2.75) is 13.3 Å². The fraction of sp³-hybridized carbons (Fsp3) is 0.150. The molecule has 1 aromatic heterocycles. The molecule has 0 amide bonds. The first-order valence-electron chi connectivity index (χ1n) is 8.41. The monoisotopic (exact) mass is 380 g/mol. The number of anilines is 2. The summed E-state index contributed by atoms with van der Waals surface area (Å²) in [5.74, 6) is 0.964. The van der Waals surface area contributed by atoms with Gasteiger partial charge in [0.15, 0.2) is 0 Å². The fourth-order valence-corrected chi connectivity index (χ4v) is 2.57. The van der Waals surface area contributed by atoms with Crippen molar-refractivity contribution in [2.24, 2.45) is 0 Å². The minimum absolute atomic E-state index is 0.0427. The van der Waals surface area contributed by atoms with E-state index in [9.17, 15) is 10.1 Å². The minimum atomic E-state index is -0.509. The van der Waals surface area contributed by atoms with Crippen molar-refractivity contribution in [1.82, 2.24) is 9.97 Å². The molecule has 0 saturated heterocycles. The first-order valence-corrected chi connectivity index (χ1v) is 8.78. The summed E-state index contributed by atoms with van der Waals surface area (Å²) in [5, 5.41) is 13.0. The Labute approximate surface area is 161 Å². The van der Waals surface area contributed by atoms with Crippen molar-refractivity contribution in [3.63, 3.8) is 0 Å². The maximum atomic E-state index is 12.3. The van der Waals surface area contributed by atoms with Gasteiger partial charge in [0.05, 0.1) is 12.3 Å². The van der Waals surface area contributed by atoms with E-state index >= 15 is 0 Å². The number of ether oxygens (including phenoxy) is 1. The summed E-state index contributed by atoms with van der Waals surface area (Å²) in [4.78, 5) is 19.3. The Hall–Kier alpha value is -3.30. The molecule has 2 N–H and O–H groups in total. The number of nitrogens with one attached hydrogen (secondary N) is 2. The number of nitriles is 1. The van der Waals surface area contributed by atoms with Gasteiger partial charge in [-0.2, -0.15) is 5.26 Å². The molecule has 0 unspecified atom stereocenters. The van der Waals surface area contributed by atoms with E-state index in [0.717, 1.165) is 12.2 Å². The number of nitrogens with zero attached hydrogens (tertiary/aromatic N) is 2. The Bertz CT molecular complexity index is 1020. The van der Waals surface area contributed by atoms with E-state index in [-0.39, 0.29) is 11.5 Å². The Balaban J connectivity index is 1.96. The third kappa shape index (κ3) is 4.46. The van der Waals surface area contributed by atoms with Gasteiger partial charge in [0.1, 0.15) is 17.4 Å². The Morgan fingerprint density at radius 2 is 1.89 bits per heavy atom. The van der Waals surface area contributed by atoms with Crippen LogP contribution in [0.1, 0.15) is 18.9 Å². The van der Waals surface area contributed by atoms with Gasteiger partial charge < -0.3 is 10.1 Å². The Morgan fingerprint density at radius 1 is 1.19 bits per heavy atom. The first-order chi connectivity index (χ1) is 13.1. The zero-order valence-corrected chi connectivity index (χ0v) is 15.4. The summed E-state index contributed by atoms with van der Waals surface area (Å²) < 4.78 is 5.56. The first kappa shape index (κ1) is 18.5. The van der Waals surface area contributed by atoms with Gasteiger partial charge in [-0.1, -0.05) is 18.5 Å². The van der Waals surface area contributed by atoms with E-state index in [4.69, 9.17) is 16.3 Å². The molecule has 27 heavy (non-hydrogen) atoms. The van der Waals surface area contributed by atoms with Crippen LogP contribution in [0.15, 0.2) is 53.3 Å². The van der Waals surface area contributed by atoms with Crippen LogP contribution < -0.4 is 15.6 Å². The number of benzene rings is 2. The highest BCUT2D eigenvalue weighted by Crippen LogP contribution is 2.24. The summed E-state index contributed by atoms with van der Waals surface area (Å²) in [5.41, 5.74) is 1.12. The van der Waals surface area contributed by atoms with Gasteiger partial charge in [-0.3, -0.25) is 9.78 Å². The molecule has 0 spiro atoms. The van der Waals surface area contributed by atoms with Crippen molar-refractivity contribution in [1.29, 1.82) is 5.26 Å². The number of H-pyrrole nitrogens is 1. The molecule has 0 fully saturated rings. The predicted molar refractivity (Wildman–Crippen MR) is 106 cm³/mol. The lowest BCUT2D eigenvalue weighted by molar-refractivity contribution is 0.317. The normalized spacial score (nSPS) is 10.3. The Morgan fingerprint density at radius 3 is 2.52 bits per heavy atom. The van der Waals surface area contributed by atoms with Crippen LogP contribution in [-0.2, 0) is 0 Å². The summed E-state index contributed by atoms with van der Waals surface area (Å²) in [7, 11) is 0. The van der Waals surface area contributed by atoms with Gasteiger partial charge in [0, 0.05) is 16.3 Å². The second-order valence-electron chi connectivity index (χ2n) is 5.75. The maximum absolute atomic E-state index is 12.3. The number of halogens is 1. The molecule has 0 atom stereocenters. The van der Waals surface area contributed by atoms with Gasteiger partial charge in [-0.25, -0.2) is 4.98 Å². The molecule has 3 aromatic rings. The summed E-state index contributed by atoms with van der Waals surface area (Å²) in [6.45, 7) is 2.66. The number of hydrogen-bond acceptors (Lipinski definition) is 5. The average molecular weight is 381 g/mol. The molecule has 7 heteroatoms. The lowest BCUT2D eigenvalue weighted by Crippen LogP contribution is -2.16. The van der Waals surface area contributed by atoms with Crippen LogP contribution in [0.4, 0.5) is 11.6 Å². The molecule has 0 radical (unpaired) electrons. The van der Waals surface area contributed by atoms with E-state index in [1.807, 2.05) is 13.0 Å². The van der Waals surface area contributed by atoms with Crippen molar-refractivity contribution in [2.75, 3.05) is 11.9 Å². The molecule has 0 aliphatic carbocycles. The second-order valence-corrected chi connectivity index (χ2v) is 6.19. The quantitative estimate of drug-likeness (QED) is 0.657. The standard InChI is InChI=1S/C20H17ClN4O2/c1-2-11-27-16-9-3-13(4-10-16)18-17(12-22)19(26)25-20(24-18)23-15-7-5-14(21)6-8-15/h3-10H,2,11H2,1H3,(H2,23,24,25,26). The highest BCUT2D eigenvalue weighted by atomic mass is 35.5. The molecule has 0 aliphatic rings. The van der Waals surface area contributed by atoms with Crippen LogP contribution in [0.25, 0.3) is 11.3 Å². The zero-order chi connectivity index (χ0) is 19.2. The lowest BCUT2D eigenvalue weighted by atomic mass is 10.1. The van der Waals surface area contributed by atoms with E-state index in [1.54, 1.807) is 48.5 Å². The fourth-order valence-electron chi connectivity index (χ4n) is 2.44. The highest BCUT2D eigenvalue weighted by Gasteiger charge is 2.13. The van der Waals surface area contributed by atoms with Gasteiger partial charge in [-0.15, -0.1) is 0 Å². The smallest absolute Gasteiger partial charge is 0.270 e. The van der Waals surface area contributed by atoms with Crippen LogP contribution in [0.2, 0.25) is 5.02 Å². The molecule has 0 aliphatic heterocycles. The van der Waals surface area contributed by atoms with E-state index in [2.05, 4.69) is 15.3 Å². The van der Waals surface area contributed by atoms with Crippen LogP contribution in [0, 0.1) is 11.3 Å². The molecular weight excluding hydrogens is 364 g/mol. The molecule has 0 saturated carbocycles. The topological polar surface area (TPSA) is 90.8 Å². The van der Waals surface area contributed by atoms with Crippen LogP contribution in [0.5, 0.6) is 5.75 Å². The van der Waals surface area contributed by atoms with Crippen molar-refractivity contribution in [3.05, 3.63) is 69.5 Å². The zero-order valence-electron chi connectivity index (χ0n) is 14.6. The van der Waals surface area contributed by atoms with E-state index < -0.39 is 5.56 Å². The third-order valence-electron chi connectivity index (χ3n) is 3.74. The van der Waals surface area contributed by atoms with Crippen LogP contribution >= 0.6 is 11.6 Å². The molecule has 1 heterocycles. The van der Waals surface area contributed by atoms with Crippen LogP contribution in [0.3, 0.4) is 0 Å². The largest absolute Gasteiger partial charge is 0.494 e. The average Bonchev–Trinajstić information content (AvgIpc) is 2.68. The second kappa shape index (κ2) is 8.39. The predicted octanol–water partition coefficient (Wildman–Crippen LogP) is 4.49. The van der Waals surface area contributed by atoms with Gasteiger partial charge in [0.25, 0.3) is 5.56 Å². The molecular formula is C20H17ClN4O2. The third-order valence-corrected chi connectivity index (χ3v) is 3.99. The number of aromatic nitrogens is 2. The van der Waals surface area contributed by atoms with E-state index in [0.29, 0.717) is 28.6 Å². The van der Waals surface area contributed by atoms with Crippen molar-refractivity contribution < 1.29 is 4.74 Å². The van der Waals surface area contributed by atoms with Gasteiger partial charge in [0.2, 0.25) is 5.95 Å². The Kier molecular flexibility index (Phi) is 5.74. The number of hydrogen-bond donors (Lipinski definition) is 2. The number of aromatic amines is 1. The summed E-state index contributed by atoms with van der Waals surface area (Å²) in [6, 6.07) is 16.0. The molecule has 136 valence electrons. The molecule has 6 nitrogen and oxygen atoms in total. The molecule has 3 rings (SSSR count). The summed E-state index contributed by atoms with van der Waals surface area (Å²) >= 11 is 5.88. The van der Waals surface area contributed by atoms with Crippen molar-refractivity contribution in [3.8, 4) is 23.1 Å². The highest BCUT2D eigenvalue weighted by molar-refractivity contribution is 6.30. The SMILES string of the molecule is CCCOc1ccc(-c2nc(Nc3ccc(Cl)cc3)[nH]c(=O)c2C#N)cc1. The van der Waals surface area contributed by atoms with E-state index in [1.165, 1.54) is 0 Å². The van der Waals surface area contributed by atoms with Crippen LogP contribution in [-0.4, -0.2) is 16.6 Å². The van der Waals surface area contributed by atoms with Gasteiger partial charge in [-0.05, 0) is 55.0 Å². The lowest BCUT2D eigenvalue weighted by Gasteiger charge is -2.10.